The molecule has 1 spiro atoms. The Kier molecular flexibility index (Phi) is 3.11. The number of rotatable bonds is 0. The predicted octanol–water partition coefficient (Wildman–Crippen LogP) is 5.50. The average molecular weight is 335 g/mol. The molecule has 1 atom stereocenters. The first-order valence-electron chi connectivity index (χ1n) is 9.08. The van der Waals surface area contributed by atoms with Crippen molar-refractivity contribution in [2.45, 2.75) is 50.7 Å². The Labute approximate surface area is 147 Å². The second-order valence-electron chi connectivity index (χ2n) is 7.38. The van der Waals surface area contributed by atoms with Crippen LogP contribution in [-0.2, 0) is 4.74 Å². The summed E-state index contributed by atoms with van der Waals surface area (Å²) in [7, 11) is 0. The number of nitrogens with zero attached hydrogens (tertiary/aromatic N) is 1. The molecule has 2 aliphatic heterocycles. The van der Waals surface area contributed by atoms with E-state index in [0.717, 1.165) is 48.2 Å². The molecule has 1 aliphatic carbocycles. The highest BCUT2D eigenvalue weighted by molar-refractivity contribution is 5.94. The third kappa shape index (κ3) is 2.10. The maximum Gasteiger partial charge on any atom is 0.415 e. The first-order chi connectivity index (χ1) is 12.2. The van der Waals surface area contributed by atoms with E-state index in [4.69, 9.17) is 9.47 Å². The molecule has 1 amide bonds. The van der Waals surface area contributed by atoms with Crippen LogP contribution in [0.2, 0.25) is 0 Å². The predicted molar refractivity (Wildman–Crippen MR) is 95.2 cm³/mol. The molecule has 1 saturated carbocycles. The van der Waals surface area contributed by atoms with Crippen molar-refractivity contribution in [3.63, 3.8) is 0 Å². The number of amides is 1. The first-order valence-corrected chi connectivity index (χ1v) is 9.08. The second kappa shape index (κ2) is 5.25. The van der Waals surface area contributed by atoms with Crippen molar-refractivity contribution in [1.29, 1.82) is 0 Å². The topological polar surface area (TPSA) is 38.8 Å². The lowest BCUT2D eigenvalue weighted by molar-refractivity contribution is 0.00429. The minimum absolute atomic E-state index is 0.125. The Balaban J connectivity index is 1.77. The molecule has 0 aromatic heterocycles. The standard InChI is InChI=1S/C21H21NO3/c1-14-9-10-18-16(13-14)22-19(15-7-3-4-8-17(15)24-18)21(25-20(22)23)11-5-2-6-12-21/h3-4,7-10,13,19H,2,5-6,11-12H2,1H3. The molecular formula is C21H21NO3. The van der Waals surface area contributed by atoms with E-state index in [2.05, 4.69) is 6.07 Å². The largest absolute Gasteiger partial charge is 0.455 e. The summed E-state index contributed by atoms with van der Waals surface area (Å²) in [6, 6.07) is 13.9. The number of hydrogen-bond acceptors (Lipinski definition) is 3. The number of benzene rings is 2. The number of ether oxygens (including phenoxy) is 2. The number of para-hydroxylation sites is 1. The van der Waals surface area contributed by atoms with E-state index in [0.29, 0.717) is 5.75 Å². The minimum Gasteiger partial charge on any atom is -0.455 e. The molecule has 2 aromatic carbocycles. The van der Waals surface area contributed by atoms with Crippen molar-refractivity contribution >= 4 is 11.8 Å². The molecule has 3 aliphatic rings. The lowest BCUT2D eigenvalue weighted by atomic mass is 9.76. The number of fused-ring (bicyclic) bond motifs is 6. The summed E-state index contributed by atoms with van der Waals surface area (Å²) >= 11 is 0. The molecular weight excluding hydrogens is 314 g/mol. The third-order valence-electron chi connectivity index (χ3n) is 5.75. The summed E-state index contributed by atoms with van der Waals surface area (Å²) in [5, 5.41) is 0. The monoisotopic (exact) mass is 335 g/mol. The molecule has 0 radical (unpaired) electrons. The highest BCUT2D eigenvalue weighted by Crippen LogP contribution is 2.56. The fourth-order valence-corrected chi connectivity index (χ4v) is 4.63. The van der Waals surface area contributed by atoms with Gasteiger partial charge in [-0.3, -0.25) is 4.90 Å². The lowest BCUT2D eigenvalue weighted by Gasteiger charge is -2.37. The lowest BCUT2D eigenvalue weighted by Crippen LogP contribution is -2.40. The molecule has 4 nitrogen and oxygen atoms in total. The smallest absolute Gasteiger partial charge is 0.415 e. The number of carbonyl (C=O) groups is 1. The van der Waals surface area contributed by atoms with Crippen molar-refractivity contribution < 1.29 is 14.3 Å². The number of hydrogen-bond donors (Lipinski definition) is 0. The van der Waals surface area contributed by atoms with Crippen LogP contribution in [0.5, 0.6) is 11.5 Å². The van der Waals surface area contributed by atoms with Crippen LogP contribution in [0.15, 0.2) is 42.5 Å². The van der Waals surface area contributed by atoms with E-state index in [1.807, 2.05) is 48.2 Å². The number of aryl methyl sites for hydroxylation is 1. The summed E-state index contributed by atoms with van der Waals surface area (Å²) in [5.74, 6) is 1.54. The molecule has 2 fully saturated rings. The molecule has 2 heterocycles. The third-order valence-corrected chi connectivity index (χ3v) is 5.75. The molecule has 5 rings (SSSR count). The zero-order valence-electron chi connectivity index (χ0n) is 14.3. The maximum absolute atomic E-state index is 13.0. The molecule has 25 heavy (non-hydrogen) atoms. The molecule has 1 saturated heterocycles. The number of anilines is 1. The van der Waals surface area contributed by atoms with Gasteiger partial charge in [-0.1, -0.05) is 30.7 Å². The van der Waals surface area contributed by atoms with Crippen molar-refractivity contribution in [3.8, 4) is 11.5 Å². The van der Waals surface area contributed by atoms with Gasteiger partial charge in [-0.25, -0.2) is 4.79 Å². The normalized spacial score (nSPS) is 23.2. The summed E-state index contributed by atoms with van der Waals surface area (Å²) < 4.78 is 12.3. The van der Waals surface area contributed by atoms with Gasteiger partial charge in [-0.2, -0.15) is 0 Å². The van der Waals surface area contributed by atoms with E-state index in [1.165, 1.54) is 6.42 Å². The maximum atomic E-state index is 13.0. The molecule has 1 unspecified atom stereocenters. The highest BCUT2D eigenvalue weighted by Gasteiger charge is 2.57. The molecule has 0 bridgehead atoms. The van der Waals surface area contributed by atoms with Gasteiger partial charge in [0.05, 0.1) is 5.69 Å². The Morgan fingerprint density at radius 2 is 1.84 bits per heavy atom. The summed E-state index contributed by atoms with van der Waals surface area (Å²) in [5.41, 5.74) is 2.52. The Morgan fingerprint density at radius 1 is 1.04 bits per heavy atom. The van der Waals surface area contributed by atoms with Gasteiger partial charge < -0.3 is 9.47 Å². The van der Waals surface area contributed by atoms with Gasteiger partial charge >= 0.3 is 6.09 Å². The van der Waals surface area contributed by atoms with E-state index < -0.39 is 5.60 Å². The van der Waals surface area contributed by atoms with E-state index in [-0.39, 0.29) is 12.1 Å². The van der Waals surface area contributed by atoms with Crippen molar-refractivity contribution in [3.05, 3.63) is 53.6 Å². The van der Waals surface area contributed by atoms with Gasteiger partial charge in [0.15, 0.2) is 5.75 Å². The fourth-order valence-electron chi connectivity index (χ4n) is 4.63. The van der Waals surface area contributed by atoms with Crippen molar-refractivity contribution in [2.24, 2.45) is 0 Å². The Morgan fingerprint density at radius 3 is 2.68 bits per heavy atom. The second-order valence-corrected chi connectivity index (χ2v) is 7.38. The van der Waals surface area contributed by atoms with Gasteiger partial charge in [0.25, 0.3) is 0 Å². The van der Waals surface area contributed by atoms with Crippen LogP contribution in [0, 0.1) is 6.92 Å². The zero-order valence-corrected chi connectivity index (χ0v) is 14.3. The van der Waals surface area contributed by atoms with E-state index in [1.54, 1.807) is 0 Å². The Bertz CT molecular complexity index is 854. The van der Waals surface area contributed by atoms with Gasteiger partial charge in [0, 0.05) is 5.56 Å². The first kappa shape index (κ1) is 14.8. The van der Waals surface area contributed by atoms with Crippen LogP contribution >= 0.6 is 0 Å². The fraction of sp³-hybridized carbons (Fsp3) is 0.381. The van der Waals surface area contributed by atoms with Crippen LogP contribution in [-0.4, -0.2) is 11.7 Å². The number of carbonyl (C=O) groups excluding carboxylic acids is 1. The summed E-state index contributed by atoms with van der Waals surface area (Å²) in [6.45, 7) is 2.03. The molecule has 128 valence electrons. The van der Waals surface area contributed by atoms with E-state index in [9.17, 15) is 4.79 Å². The average Bonchev–Trinajstić information content (AvgIpc) is 2.80. The van der Waals surface area contributed by atoms with Gasteiger partial charge in [-0.05, 0) is 56.4 Å². The quantitative estimate of drug-likeness (QED) is 0.638. The van der Waals surface area contributed by atoms with Crippen LogP contribution in [0.25, 0.3) is 0 Å². The highest BCUT2D eigenvalue weighted by atomic mass is 16.6. The van der Waals surface area contributed by atoms with E-state index >= 15 is 0 Å². The minimum atomic E-state index is -0.444. The molecule has 2 aromatic rings. The summed E-state index contributed by atoms with van der Waals surface area (Å²) in [6.07, 6.45) is 4.98. The molecule has 0 N–H and O–H groups in total. The zero-order chi connectivity index (χ0) is 17.0. The summed E-state index contributed by atoms with van der Waals surface area (Å²) in [4.78, 5) is 14.8. The Hall–Kier alpha value is -2.49. The van der Waals surface area contributed by atoms with Crippen LogP contribution in [0.4, 0.5) is 10.5 Å². The van der Waals surface area contributed by atoms with Crippen molar-refractivity contribution in [1.82, 2.24) is 0 Å². The van der Waals surface area contributed by atoms with Crippen LogP contribution < -0.4 is 9.64 Å². The SMILES string of the molecule is Cc1ccc2c(c1)N1C(=O)OC3(CCCCC3)C1c1ccccc1O2. The van der Waals surface area contributed by atoms with Crippen molar-refractivity contribution in [2.75, 3.05) is 4.90 Å². The van der Waals surface area contributed by atoms with Gasteiger partial charge in [0.2, 0.25) is 0 Å². The molecule has 4 heteroatoms. The van der Waals surface area contributed by atoms with Crippen LogP contribution in [0.1, 0.15) is 49.3 Å². The van der Waals surface area contributed by atoms with Gasteiger partial charge in [-0.15, -0.1) is 0 Å². The van der Waals surface area contributed by atoms with Crippen LogP contribution in [0.3, 0.4) is 0 Å². The van der Waals surface area contributed by atoms with Gasteiger partial charge in [0.1, 0.15) is 17.4 Å².